The van der Waals surface area contributed by atoms with Gasteiger partial charge < -0.3 is 30.3 Å². The number of ether oxygens (including phenoxy) is 1. The molecule has 0 spiro atoms. The zero-order chi connectivity index (χ0) is 22.0. The van der Waals surface area contributed by atoms with Gasteiger partial charge >= 0.3 is 0 Å². The molecule has 166 valence electrons. The molecule has 31 heavy (non-hydrogen) atoms. The smallest absolute Gasteiger partial charge is 0.167 e. The Morgan fingerprint density at radius 3 is 2.45 bits per heavy atom. The van der Waals surface area contributed by atoms with Gasteiger partial charge in [0.25, 0.3) is 0 Å². The summed E-state index contributed by atoms with van der Waals surface area (Å²) in [5, 5.41) is 33.0. The quantitative estimate of drug-likeness (QED) is 0.413. The van der Waals surface area contributed by atoms with Crippen molar-refractivity contribution in [2.75, 3.05) is 29.9 Å². The number of aliphatic hydroxyl groups excluding tert-OH is 3. The lowest BCUT2D eigenvalue weighted by atomic mass is 10.1. The molecular weight excluding hydrogens is 400 g/mol. The van der Waals surface area contributed by atoms with E-state index in [9.17, 15) is 15.3 Å². The fraction of sp³-hybridized carbons (Fsp3) is 0.476. The summed E-state index contributed by atoms with van der Waals surface area (Å²) in [6.07, 6.45) is -1.25. The Kier molecular flexibility index (Phi) is 6.33. The van der Waals surface area contributed by atoms with Crippen molar-refractivity contribution in [3.63, 3.8) is 0 Å². The van der Waals surface area contributed by atoms with E-state index in [1.807, 2.05) is 0 Å². The molecule has 10 nitrogen and oxygen atoms in total. The number of nitrogens with zero attached hydrogens (tertiary/aromatic N) is 5. The second-order valence-electron chi connectivity index (χ2n) is 7.47. The Morgan fingerprint density at radius 2 is 1.81 bits per heavy atom. The number of anilines is 2. The number of aromatic nitrogens is 4. The molecule has 0 bridgehead atoms. The van der Waals surface area contributed by atoms with Crippen molar-refractivity contribution in [1.29, 1.82) is 0 Å². The van der Waals surface area contributed by atoms with Gasteiger partial charge in [-0.15, -0.1) is 0 Å². The molecule has 1 aliphatic rings. The summed E-state index contributed by atoms with van der Waals surface area (Å²) >= 11 is 0. The van der Waals surface area contributed by atoms with Gasteiger partial charge in [-0.1, -0.05) is 12.1 Å². The van der Waals surface area contributed by atoms with Crippen LogP contribution in [0.5, 0.6) is 0 Å². The van der Waals surface area contributed by atoms with E-state index >= 15 is 0 Å². The summed E-state index contributed by atoms with van der Waals surface area (Å²) < 4.78 is 7.14. The van der Waals surface area contributed by atoms with Crippen LogP contribution in [-0.2, 0) is 11.3 Å². The lowest BCUT2D eigenvalue weighted by Gasteiger charge is -2.21. The van der Waals surface area contributed by atoms with E-state index in [-0.39, 0.29) is 0 Å². The van der Waals surface area contributed by atoms with Crippen LogP contribution in [0, 0.1) is 0 Å². The first-order valence-electron chi connectivity index (χ1n) is 10.4. The Bertz CT molecular complexity index is 1010. The Hall–Kier alpha value is -2.79. The molecule has 0 amide bonds. The van der Waals surface area contributed by atoms with Gasteiger partial charge in [0.1, 0.15) is 24.6 Å². The summed E-state index contributed by atoms with van der Waals surface area (Å²) in [5.74, 6) is 0.559. The molecule has 4 rings (SSSR count). The van der Waals surface area contributed by atoms with Gasteiger partial charge in [-0.2, -0.15) is 0 Å². The molecule has 3 aromatic rings. The Labute approximate surface area is 180 Å². The van der Waals surface area contributed by atoms with Crippen LogP contribution in [0.2, 0.25) is 0 Å². The van der Waals surface area contributed by atoms with Gasteiger partial charge in [0.2, 0.25) is 0 Å². The Balaban J connectivity index is 1.51. The van der Waals surface area contributed by atoms with E-state index in [4.69, 9.17) is 4.74 Å². The molecule has 1 unspecified atom stereocenters. The van der Waals surface area contributed by atoms with Gasteiger partial charge in [0, 0.05) is 25.3 Å². The van der Waals surface area contributed by atoms with Crippen LogP contribution in [0.3, 0.4) is 0 Å². The number of benzene rings is 1. The molecule has 1 aliphatic heterocycles. The van der Waals surface area contributed by atoms with Gasteiger partial charge in [-0.05, 0) is 31.5 Å². The van der Waals surface area contributed by atoms with Crippen molar-refractivity contribution in [2.45, 2.75) is 44.9 Å². The summed E-state index contributed by atoms with van der Waals surface area (Å²) in [4.78, 5) is 15.2. The third-order valence-electron chi connectivity index (χ3n) is 5.67. The standard InChI is InChI=1S/C21H28N6O4/c1-3-26(4-2)14-7-5-13(6-8-14)9-22-19-16-20(24-11-23-19)27(12-25-16)21-18(30)17(29)15(10-28)31-21/h5-8,11-12,15,17-18,21,28-30H,3-4,9-10H2,1-2H3,(H,22,23,24)/t15-,17-,18+,21?/m1/s1. The first-order chi connectivity index (χ1) is 15.1. The van der Waals surface area contributed by atoms with E-state index in [2.05, 4.69) is 63.3 Å². The predicted octanol–water partition coefficient (Wildman–Crippen LogP) is 0.896. The van der Waals surface area contributed by atoms with Crippen molar-refractivity contribution >= 4 is 22.7 Å². The molecule has 1 fully saturated rings. The van der Waals surface area contributed by atoms with Crippen LogP contribution >= 0.6 is 0 Å². The molecule has 0 saturated carbocycles. The largest absolute Gasteiger partial charge is 0.394 e. The minimum Gasteiger partial charge on any atom is -0.394 e. The molecule has 1 saturated heterocycles. The van der Waals surface area contributed by atoms with Crippen LogP contribution in [0.1, 0.15) is 25.6 Å². The van der Waals surface area contributed by atoms with Gasteiger partial charge in [0.15, 0.2) is 23.2 Å². The van der Waals surface area contributed by atoms with Gasteiger partial charge in [-0.25, -0.2) is 15.0 Å². The molecule has 10 heteroatoms. The first-order valence-corrected chi connectivity index (χ1v) is 10.4. The predicted molar refractivity (Wildman–Crippen MR) is 116 cm³/mol. The zero-order valence-corrected chi connectivity index (χ0v) is 17.6. The first kappa shape index (κ1) is 21.4. The van der Waals surface area contributed by atoms with Crippen LogP contribution in [0.4, 0.5) is 11.5 Å². The number of imidazole rings is 1. The third-order valence-corrected chi connectivity index (χ3v) is 5.67. The highest BCUT2D eigenvalue weighted by atomic mass is 16.6. The number of aliphatic hydroxyl groups is 3. The van der Waals surface area contributed by atoms with Crippen molar-refractivity contribution in [2.24, 2.45) is 0 Å². The molecule has 4 atom stereocenters. The second-order valence-corrected chi connectivity index (χ2v) is 7.47. The SMILES string of the molecule is CCN(CC)c1ccc(CNc2ncnc3c2ncn3C2O[C@H](CO)[C@@H](O)[C@@H]2O)cc1. The average molecular weight is 428 g/mol. The highest BCUT2D eigenvalue weighted by Crippen LogP contribution is 2.32. The molecule has 0 aliphatic carbocycles. The van der Waals surface area contributed by atoms with Crippen LogP contribution in [0.25, 0.3) is 11.2 Å². The fourth-order valence-corrected chi connectivity index (χ4v) is 3.88. The maximum Gasteiger partial charge on any atom is 0.167 e. The second kappa shape index (κ2) is 9.15. The number of hydrogen-bond donors (Lipinski definition) is 4. The topological polar surface area (TPSA) is 129 Å². The van der Waals surface area contributed by atoms with E-state index in [1.54, 1.807) is 4.57 Å². The molecule has 1 aromatic carbocycles. The number of nitrogens with one attached hydrogen (secondary N) is 1. The Morgan fingerprint density at radius 1 is 1.06 bits per heavy atom. The van der Waals surface area contributed by atoms with Crippen LogP contribution in [0.15, 0.2) is 36.9 Å². The zero-order valence-electron chi connectivity index (χ0n) is 17.6. The maximum absolute atomic E-state index is 10.3. The van der Waals surface area contributed by atoms with Gasteiger partial charge in [-0.3, -0.25) is 4.57 Å². The molecular formula is C21H28N6O4. The molecule has 4 N–H and O–H groups in total. The van der Waals surface area contributed by atoms with E-state index in [0.717, 1.165) is 18.7 Å². The summed E-state index contributed by atoms with van der Waals surface area (Å²) in [5.41, 5.74) is 3.28. The maximum atomic E-state index is 10.3. The lowest BCUT2D eigenvalue weighted by molar-refractivity contribution is -0.0511. The highest BCUT2D eigenvalue weighted by molar-refractivity contribution is 5.82. The third kappa shape index (κ3) is 4.07. The van der Waals surface area contributed by atoms with Crippen molar-refractivity contribution in [3.8, 4) is 0 Å². The van der Waals surface area contributed by atoms with E-state index in [0.29, 0.717) is 23.5 Å². The van der Waals surface area contributed by atoms with Crippen molar-refractivity contribution in [1.82, 2.24) is 19.5 Å². The van der Waals surface area contributed by atoms with Crippen molar-refractivity contribution < 1.29 is 20.1 Å². The van der Waals surface area contributed by atoms with E-state index in [1.165, 1.54) is 18.3 Å². The van der Waals surface area contributed by atoms with Crippen LogP contribution < -0.4 is 10.2 Å². The lowest BCUT2D eigenvalue weighted by Crippen LogP contribution is -2.33. The summed E-state index contributed by atoms with van der Waals surface area (Å²) in [7, 11) is 0. The highest BCUT2D eigenvalue weighted by Gasteiger charge is 2.44. The fourth-order valence-electron chi connectivity index (χ4n) is 3.88. The molecule has 0 radical (unpaired) electrons. The molecule has 3 heterocycles. The number of rotatable bonds is 8. The minimum atomic E-state index is -1.20. The summed E-state index contributed by atoms with van der Waals surface area (Å²) in [6, 6.07) is 8.37. The van der Waals surface area contributed by atoms with Crippen molar-refractivity contribution in [3.05, 3.63) is 42.5 Å². The number of hydrogen-bond acceptors (Lipinski definition) is 9. The number of fused-ring (bicyclic) bond motifs is 1. The molecule has 2 aromatic heterocycles. The van der Waals surface area contributed by atoms with Crippen LogP contribution in [-0.4, -0.2) is 72.8 Å². The summed E-state index contributed by atoms with van der Waals surface area (Å²) in [6.45, 7) is 6.37. The monoisotopic (exact) mass is 428 g/mol. The minimum absolute atomic E-state index is 0.393. The van der Waals surface area contributed by atoms with E-state index < -0.39 is 31.1 Å². The normalized spacial score (nSPS) is 23.4. The average Bonchev–Trinajstić information content (AvgIpc) is 3.35. The van der Waals surface area contributed by atoms with Gasteiger partial charge in [0.05, 0.1) is 12.9 Å².